The van der Waals surface area contributed by atoms with Crippen LogP contribution in [0.5, 0.6) is 0 Å². The number of carbonyl (C=O) groups is 3. The van der Waals surface area contributed by atoms with Crippen molar-refractivity contribution in [1.82, 2.24) is 9.80 Å². The van der Waals surface area contributed by atoms with Crippen molar-refractivity contribution in [3.63, 3.8) is 0 Å². The van der Waals surface area contributed by atoms with Gasteiger partial charge in [-0.1, -0.05) is 19.3 Å². The van der Waals surface area contributed by atoms with Crippen molar-refractivity contribution in [2.24, 2.45) is 5.92 Å². The number of likely N-dealkylation sites (tertiary alicyclic amines) is 1. The van der Waals surface area contributed by atoms with E-state index in [2.05, 4.69) is 0 Å². The van der Waals surface area contributed by atoms with E-state index in [9.17, 15) is 14.4 Å². The van der Waals surface area contributed by atoms with Gasteiger partial charge in [-0.05, 0) is 46.5 Å². The van der Waals surface area contributed by atoms with Gasteiger partial charge in [0, 0.05) is 27.1 Å². The second-order valence-corrected chi connectivity index (χ2v) is 8.70. The van der Waals surface area contributed by atoms with Crippen molar-refractivity contribution in [1.29, 1.82) is 0 Å². The first-order valence-electron chi connectivity index (χ1n) is 10.2. The molecule has 28 heavy (non-hydrogen) atoms. The minimum absolute atomic E-state index is 0.244. The molecule has 1 saturated carbocycles. The molecule has 1 unspecified atom stereocenters. The van der Waals surface area contributed by atoms with E-state index >= 15 is 0 Å². The first-order valence-corrected chi connectivity index (χ1v) is 10.2. The molecule has 8 nitrogen and oxygen atoms in total. The van der Waals surface area contributed by atoms with Crippen molar-refractivity contribution in [2.45, 2.75) is 84.1 Å². The van der Waals surface area contributed by atoms with Gasteiger partial charge in [-0.15, -0.1) is 4.89 Å². The average molecular weight is 399 g/mol. The highest BCUT2D eigenvalue weighted by atomic mass is 17.2. The molecule has 1 saturated heterocycles. The van der Waals surface area contributed by atoms with E-state index < -0.39 is 29.3 Å². The van der Waals surface area contributed by atoms with E-state index in [1.165, 1.54) is 14.0 Å². The number of ether oxygens (including phenoxy) is 1. The van der Waals surface area contributed by atoms with Gasteiger partial charge in [0.2, 0.25) is 5.91 Å². The Morgan fingerprint density at radius 2 is 1.54 bits per heavy atom. The summed E-state index contributed by atoms with van der Waals surface area (Å²) in [6, 6.07) is 0. The molecule has 1 atom stereocenters. The second kappa shape index (κ2) is 9.22. The van der Waals surface area contributed by atoms with Crippen molar-refractivity contribution >= 4 is 17.8 Å². The van der Waals surface area contributed by atoms with Gasteiger partial charge >= 0.3 is 17.8 Å². The molecule has 1 amide bonds. The van der Waals surface area contributed by atoms with E-state index in [0.29, 0.717) is 13.1 Å². The smallest absolute Gasteiger partial charge is 0.381 e. The maximum Gasteiger partial charge on any atom is 0.381 e. The summed E-state index contributed by atoms with van der Waals surface area (Å²) in [6.45, 7) is 7.60. The molecule has 2 aliphatic rings. The van der Waals surface area contributed by atoms with Gasteiger partial charge in [-0.3, -0.25) is 14.6 Å². The molecule has 1 heterocycles. The van der Waals surface area contributed by atoms with Crippen LogP contribution in [0.3, 0.4) is 0 Å². The van der Waals surface area contributed by atoms with Gasteiger partial charge in [0.05, 0.1) is 5.92 Å². The first kappa shape index (κ1) is 22.6. The molecular weight excluding hydrogens is 364 g/mol. The minimum Gasteiger partial charge on any atom is -0.455 e. The van der Waals surface area contributed by atoms with Crippen LogP contribution < -0.4 is 0 Å². The highest BCUT2D eigenvalue weighted by Gasteiger charge is 2.56. The summed E-state index contributed by atoms with van der Waals surface area (Å²) < 4.78 is 5.57. The maximum atomic E-state index is 13.2. The molecule has 2 fully saturated rings. The van der Waals surface area contributed by atoms with E-state index in [0.717, 1.165) is 49.8 Å². The fourth-order valence-corrected chi connectivity index (χ4v) is 3.70. The summed E-state index contributed by atoms with van der Waals surface area (Å²) in [5.74, 6) is -3.84. The van der Waals surface area contributed by atoms with Gasteiger partial charge < -0.3 is 4.74 Å². The third kappa shape index (κ3) is 5.23. The van der Waals surface area contributed by atoms with Crippen LogP contribution >= 0.6 is 0 Å². The summed E-state index contributed by atoms with van der Waals surface area (Å²) in [7, 11) is 1.46. The topological polar surface area (TPSA) is 85.4 Å². The molecule has 0 radical (unpaired) electrons. The number of likely N-dealkylation sites (N-methyl/N-ethyl adjacent to an activating group) is 1. The number of nitrogens with zero attached hydrogens (tertiary/aromatic N) is 2. The molecule has 160 valence electrons. The minimum atomic E-state index is -1.93. The Bertz CT molecular complexity index is 576. The number of amides is 1. The third-order valence-electron chi connectivity index (χ3n) is 5.30. The Morgan fingerprint density at radius 3 is 2.04 bits per heavy atom. The predicted octanol–water partition coefficient (Wildman–Crippen LogP) is 2.61. The van der Waals surface area contributed by atoms with Crippen LogP contribution in [0, 0.1) is 5.92 Å². The van der Waals surface area contributed by atoms with Crippen molar-refractivity contribution in [3.05, 3.63) is 0 Å². The number of carbonyl (C=O) groups excluding carboxylic acids is 3. The lowest BCUT2D eigenvalue weighted by molar-refractivity contribution is -0.392. The van der Waals surface area contributed by atoms with Crippen LogP contribution in [0.1, 0.15) is 72.6 Å². The molecular formula is C20H34N2O6. The number of hydrogen-bond donors (Lipinski definition) is 0. The molecule has 1 aliphatic heterocycles. The fourth-order valence-electron chi connectivity index (χ4n) is 3.70. The maximum absolute atomic E-state index is 13.2. The van der Waals surface area contributed by atoms with E-state index in [4.69, 9.17) is 14.5 Å². The van der Waals surface area contributed by atoms with Crippen LogP contribution in [0.2, 0.25) is 0 Å². The summed E-state index contributed by atoms with van der Waals surface area (Å²) in [5, 5.41) is 0. The number of esters is 1. The lowest BCUT2D eigenvalue weighted by Crippen LogP contribution is -2.67. The second-order valence-electron chi connectivity index (χ2n) is 8.70. The zero-order chi connectivity index (χ0) is 20.9. The SMILES string of the molecule is CC(=O)N(C)C(OOC(=O)C1CCCCC1)(C(=O)OC(C)(C)C)N1CCCC1. The van der Waals surface area contributed by atoms with Crippen LogP contribution in [-0.4, -0.2) is 59.2 Å². The summed E-state index contributed by atoms with van der Waals surface area (Å²) in [6.07, 6.45) is 6.22. The van der Waals surface area contributed by atoms with Crippen LogP contribution in [0.25, 0.3) is 0 Å². The van der Waals surface area contributed by atoms with E-state index in [-0.39, 0.29) is 5.92 Å². The van der Waals surface area contributed by atoms with Gasteiger partial charge in [-0.25, -0.2) is 14.5 Å². The monoisotopic (exact) mass is 398 g/mol. The largest absolute Gasteiger partial charge is 0.455 e. The Kier molecular flexibility index (Phi) is 7.45. The average Bonchev–Trinajstić information content (AvgIpc) is 3.16. The summed E-state index contributed by atoms with van der Waals surface area (Å²) >= 11 is 0. The number of rotatable bonds is 6. The predicted molar refractivity (Wildman–Crippen MR) is 102 cm³/mol. The molecule has 8 heteroatoms. The van der Waals surface area contributed by atoms with Crippen LogP contribution in [0.15, 0.2) is 0 Å². The molecule has 0 aromatic rings. The van der Waals surface area contributed by atoms with Crippen molar-refractivity contribution < 1.29 is 28.9 Å². The molecule has 0 N–H and O–H groups in total. The van der Waals surface area contributed by atoms with Gasteiger partial charge in [0.25, 0.3) is 0 Å². The summed E-state index contributed by atoms with van der Waals surface area (Å²) in [5.41, 5.74) is -0.795. The van der Waals surface area contributed by atoms with Gasteiger partial charge in [-0.2, -0.15) is 0 Å². The molecule has 0 bridgehead atoms. The van der Waals surface area contributed by atoms with Gasteiger partial charge in [0.1, 0.15) is 5.60 Å². The third-order valence-corrected chi connectivity index (χ3v) is 5.30. The highest BCUT2D eigenvalue weighted by Crippen LogP contribution is 2.31. The zero-order valence-corrected chi connectivity index (χ0v) is 17.8. The highest BCUT2D eigenvalue weighted by molar-refractivity contribution is 5.85. The lowest BCUT2D eigenvalue weighted by atomic mass is 9.89. The van der Waals surface area contributed by atoms with Crippen LogP contribution in [0.4, 0.5) is 0 Å². The molecule has 1 aliphatic carbocycles. The van der Waals surface area contributed by atoms with E-state index in [1.54, 1.807) is 25.7 Å². The van der Waals surface area contributed by atoms with Crippen molar-refractivity contribution in [3.8, 4) is 0 Å². The van der Waals surface area contributed by atoms with E-state index in [1.807, 2.05) is 0 Å². The standard InChI is InChI=1S/C20H34N2O6/c1-15(23)21(5)20(22-13-9-10-14-22,18(25)26-19(2,3)4)28-27-17(24)16-11-7-6-8-12-16/h16H,6-14H2,1-5H3. The lowest BCUT2D eigenvalue weighted by Gasteiger charge is -2.43. The number of hydrogen-bond acceptors (Lipinski definition) is 7. The summed E-state index contributed by atoms with van der Waals surface area (Å²) in [4.78, 5) is 51.6. The van der Waals surface area contributed by atoms with Gasteiger partial charge in [0.15, 0.2) is 0 Å². The quantitative estimate of drug-likeness (QED) is 0.294. The Balaban J connectivity index is 2.30. The molecule has 0 spiro atoms. The Hall–Kier alpha value is -1.67. The molecule has 0 aromatic heterocycles. The Morgan fingerprint density at radius 1 is 0.964 bits per heavy atom. The Labute approximate surface area is 167 Å². The molecule has 0 aromatic carbocycles. The first-order chi connectivity index (χ1) is 13.1. The fraction of sp³-hybridized carbons (Fsp3) is 0.850. The normalized spacial score (nSPS) is 21.0. The van der Waals surface area contributed by atoms with Crippen molar-refractivity contribution in [2.75, 3.05) is 20.1 Å². The van der Waals surface area contributed by atoms with Crippen LogP contribution in [-0.2, 0) is 28.9 Å². The zero-order valence-electron chi connectivity index (χ0n) is 17.8. The molecule has 2 rings (SSSR count).